The van der Waals surface area contributed by atoms with E-state index in [1.807, 2.05) is 35.9 Å². The van der Waals surface area contributed by atoms with Gasteiger partial charge in [0.05, 0.1) is 57.3 Å². The number of nitrogens with zero attached hydrogens (tertiary/aromatic N) is 2. The lowest BCUT2D eigenvalue weighted by Crippen LogP contribution is -2.75. The van der Waals surface area contributed by atoms with Crippen LogP contribution in [0.25, 0.3) is 0 Å². The predicted octanol–water partition coefficient (Wildman–Crippen LogP) is 13.0. The molecule has 0 radical (unpaired) electrons. The van der Waals surface area contributed by atoms with Crippen molar-refractivity contribution in [2.24, 2.45) is 0 Å². The SMILES string of the molecule is CCOc1cncc[n+]1Cc1ccccc1.FC(F)(F)c1cc([B-](c2cc(C(F)(F)F)cc(C(F)(F)F)c2)(c2cc(C(F)(F)F)cc(C(F)(F)F)c2)c2cc(C(F)(F)F)cc(C(F)(F)F)c2)cc(C(F)(F)F)c1. The molecule has 0 aliphatic rings. The first-order valence-corrected chi connectivity index (χ1v) is 20.0. The van der Waals surface area contributed by atoms with Crippen LogP contribution in [0.1, 0.15) is 57.0 Å². The van der Waals surface area contributed by atoms with Crippen LogP contribution in [0, 0.1) is 0 Å². The Bertz CT molecular complexity index is 2460. The molecule has 0 bridgehead atoms. The third kappa shape index (κ3) is 13.5. The van der Waals surface area contributed by atoms with Crippen LogP contribution in [0.5, 0.6) is 5.88 Å². The van der Waals surface area contributed by atoms with Crippen molar-refractivity contribution in [1.82, 2.24) is 4.98 Å². The van der Waals surface area contributed by atoms with Crippen molar-refractivity contribution in [3.8, 4) is 5.88 Å². The van der Waals surface area contributed by atoms with Crippen LogP contribution in [0.15, 0.2) is 122 Å². The minimum atomic E-state index is -6.13. The van der Waals surface area contributed by atoms with Crippen molar-refractivity contribution >= 4 is 28.0 Å². The Kier molecular flexibility index (Phi) is 15.7. The van der Waals surface area contributed by atoms with E-state index in [4.69, 9.17) is 4.74 Å². The van der Waals surface area contributed by atoms with E-state index in [0.29, 0.717) is 6.61 Å². The summed E-state index contributed by atoms with van der Waals surface area (Å²) in [5, 5.41) is 0. The molecule has 0 amide bonds. The Labute approximate surface area is 394 Å². The predicted molar refractivity (Wildman–Crippen MR) is 211 cm³/mol. The molecule has 28 heteroatoms. The zero-order valence-corrected chi connectivity index (χ0v) is 35.9. The van der Waals surface area contributed by atoms with Gasteiger partial charge >= 0.3 is 55.3 Å². The van der Waals surface area contributed by atoms with E-state index < -0.39 is 195 Å². The molecule has 5 aromatic carbocycles. The van der Waals surface area contributed by atoms with E-state index in [-0.39, 0.29) is 0 Å². The third-order valence-electron chi connectivity index (χ3n) is 10.7. The highest BCUT2D eigenvalue weighted by molar-refractivity contribution is 7.20. The number of aromatic nitrogens is 2. The highest BCUT2D eigenvalue weighted by Gasteiger charge is 2.47. The lowest BCUT2D eigenvalue weighted by Gasteiger charge is -2.46. The van der Waals surface area contributed by atoms with Crippen molar-refractivity contribution in [3.63, 3.8) is 0 Å². The first-order valence-electron chi connectivity index (χ1n) is 20.0. The maximum absolute atomic E-state index is 14.2. The summed E-state index contributed by atoms with van der Waals surface area (Å²) in [6.07, 6.45) is -49.4. The van der Waals surface area contributed by atoms with Crippen molar-refractivity contribution in [3.05, 3.63) is 172 Å². The molecule has 6 aromatic rings. The zero-order chi connectivity index (χ0) is 55.1. The second-order valence-corrected chi connectivity index (χ2v) is 15.7. The average Bonchev–Trinajstić information content (AvgIpc) is 3.25. The molecule has 0 unspecified atom stereocenters. The van der Waals surface area contributed by atoms with E-state index in [9.17, 15) is 105 Å². The molecule has 0 N–H and O–H groups in total. The highest BCUT2D eigenvalue weighted by Crippen LogP contribution is 2.41. The normalized spacial score (nSPS) is 13.4. The van der Waals surface area contributed by atoms with Gasteiger partial charge in [0.1, 0.15) is 12.3 Å². The monoisotopic (exact) mass is 1080 g/mol. The van der Waals surface area contributed by atoms with Crippen molar-refractivity contribution in [1.29, 1.82) is 0 Å². The van der Waals surface area contributed by atoms with Crippen LogP contribution in [0.2, 0.25) is 0 Å². The molecule has 394 valence electrons. The van der Waals surface area contributed by atoms with E-state index in [1.165, 1.54) is 5.56 Å². The molecule has 1 heterocycles. The van der Waals surface area contributed by atoms with Gasteiger partial charge < -0.3 is 4.74 Å². The first kappa shape index (κ1) is 57.3. The summed E-state index contributed by atoms with van der Waals surface area (Å²) in [7, 11) is 0. The Morgan fingerprint density at radius 2 is 0.658 bits per heavy atom. The maximum Gasteiger partial charge on any atom is 0.416 e. The van der Waals surface area contributed by atoms with Crippen molar-refractivity contribution in [2.75, 3.05) is 6.61 Å². The first-order chi connectivity index (χ1) is 33.2. The number of halogens is 24. The van der Waals surface area contributed by atoms with Crippen LogP contribution in [-0.4, -0.2) is 17.7 Å². The van der Waals surface area contributed by atoms with Crippen molar-refractivity contribution in [2.45, 2.75) is 62.9 Å². The van der Waals surface area contributed by atoms with Gasteiger partial charge in [-0.05, 0) is 31.2 Å². The topological polar surface area (TPSA) is 26.0 Å². The smallest absolute Gasteiger partial charge is 0.416 e. The number of rotatable bonds is 8. The summed E-state index contributed by atoms with van der Waals surface area (Å²) in [5.74, 6) is 0.800. The molecule has 0 aliphatic carbocycles. The molecule has 3 nitrogen and oxygen atoms in total. The molecular weight excluding hydrogens is 1050 g/mol. The van der Waals surface area contributed by atoms with E-state index >= 15 is 0 Å². The van der Waals surface area contributed by atoms with E-state index in [2.05, 4.69) is 17.1 Å². The molecule has 0 saturated carbocycles. The number of alkyl halides is 24. The van der Waals surface area contributed by atoms with Crippen molar-refractivity contribution < 1.29 is 115 Å². The van der Waals surface area contributed by atoms with E-state index in [0.717, 1.165) is 12.4 Å². The lowest BCUT2D eigenvalue weighted by molar-refractivity contribution is -0.694. The van der Waals surface area contributed by atoms with Gasteiger partial charge in [0, 0.05) is 5.56 Å². The molecule has 0 atom stereocenters. The molecule has 0 spiro atoms. The summed E-state index contributed by atoms with van der Waals surface area (Å²) >= 11 is 0. The van der Waals surface area contributed by atoms with Gasteiger partial charge in [0.15, 0.2) is 12.7 Å². The zero-order valence-electron chi connectivity index (χ0n) is 35.9. The van der Waals surface area contributed by atoms with Gasteiger partial charge in [-0.3, -0.25) is 0 Å². The maximum atomic E-state index is 14.2. The fourth-order valence-electron chi connectivity index (χ4n) is 7.62. The van der Waals surface area contributed by atoms with Crippen LogP contribution in [-0.2, 0) is 56.0 Å². The van der Waals surface area contributed by atoms with Crippen LogP contribution in [0.4, 0.5) is 105 Å². The van der Waals surface area contributed by atoms with Gasteiger partial charge in [-0.25, -0.2) is 4.98 Å². The van der Waals surface area contributed by atoms with Crippen LogP contribution < -0.4 is 31.2 Å². The fourth-order valence-corrected chi connectivity index (χ4v) is 7.62. The summed E-state index contributed by atoms with van der Waals surface area (Å²) < 4.78 is 348. The molecule has 0 saturated heterocycles. The standard InChI is InChI=1S/C32H12BF24.C13H15N2O/c34-25(35,36)13-1-14(26(37,38)39)6-21(5-13)33(22-7-15(27(40,41)42)2-16(8-22)28(43,44)45,23-9-17(29(46,47)48)3-18(10-23)30(49,50)51)24-11-19(31(52,53)54)4-20(12-24)32(55,56)57;1-2-16-13-10-14-8-9-15(13)11-12-6-4-3-5-7-12/h1-12H;3-10H,2,11H2,1H3/q-1;+1. The second-order valence-electron chi connectivity index (χ2n) is 15.7. The summed E-state index contributed by atoms with van der Waals surface area (Å²) in [5.41, 5.74) is -29.0. The Balaban J connectivity index is 0.000000520. The number of ether oxygens (including phenoxy) is 1. The minimum Gasteiger partial charge on any atom is -0.444 e. The average molecular weight is 1080 g/mol. The molecule has 0 fully saturated rings. The fraction of sp³-hybridized carbons (Fsp3) is 0.244. The van der Waals surface area contributed by atoms with Gasteiger partial charge in [-0.15, -0.1) is 0 Å². The molecule has 6 rings (SSSR count). The molecule has 0 aliphatic heterocycles. The number of hydrogen-bond acceptors (Lipinski definition) is 2. The number of benzene rings is 5. The van der Waals surface area contributed by atoms with Crippen LogP contribution in [0.3, 0.4) is 0 Å². The molecule has 73 heavy (non-hydrogen) atoms. The Morgan fingerprint density at radius 3 is 0.890 bits per heavy atom. The summed E-state index contributed by atoms with van der Waals surface area (Å²) in [6.45, 7) is 3.43. The van der Waals surface area contributed by atoms with Crippen LogP contribution >= 0.6 is 0 Å². The highest BCUT2D eigenvalue weighted by atomic mass is 19.4. The van der Waals surface area contributed by atoms with Gasteiger partial charge in [0.2, 0.25) is 0 Å². The lowest BCUT2D eigenvalue weighted by atomic mass is 9.12. The quantitative estimate of drug-likeness (QED) is 0.0862. The Hall–Kier alpha value is -6.64. The molecule has 1 aromatic heterocycles. The van der Waals surface area contributed by atoms with E-state index in [1.54, 1.807) is 12.4 Å². The minimum absolute atomic E-state index is 0.653. The van der Waals surface area contributed by atoms with Gasteiger partial charge in [-0.1, -0.05) is 78.9 Å². The molecular formula is C45H27BF24N2O. The van der Waals surface area contributed by atoms with Gasteiger partial charge in [-0.2, -0.15) is 132 Å². The van der Waals surface area contributed by atoms with Gasteiger partial charge in [0.25, 0.3) is 0 Å². The second kappa shape index (κ2) is 20.0. The third-order valence-corrected chi connectivity index (χ3v) is 10.7. The Morgan fingerprint density at radius 1 is 0.397 bits per heavy atom. The summed E-state index contributed by atoms with van der Waals surface area (Å²) in [4.78, 5) is 4.06. The number of hydrogen-bond donors (Lipinski definition) is 0. The summed E-state index contributed by atoms with van der Waals surface area (Å²) in [6, 6.07) is 1.49. The largest absolute Gasteiger partial charge is 0.444 e.